The van der Waals surface area contributed by atoms with Crippen molar-refractivity contribution < 1.29 is 19.4 Å². The number of methoxy groups -OCH3 is 1. The Morgan fingerprint density at radius 1 is 1.19 bits per heavy atom. The molecule has 9 heteroatoms. The number of ether oxygens (including phenoxy) is 1. The topological polar surface area (TPSA) is 116 Å². The number of amides is 2. The van der Waals surface area contributed by atoms with Crippen LogP contribution in [0.2, 0.25) is 0 Å². The number of carbonyl (C=O) groups excluding carboxylic acids is 1. The van der Waals surface area contributed by atoms with Crippen LogP contribution in [0.15, 0.2) is 60.1 Å². The van der Waals surface area contributed by atoms with Crippen LogP contribution in [0.25, 0.3) is 21.5 Å². The molecule has 2 aromatic heterocycles. The number of rotatable bonds is 8. The number of aromatic amines is 1. The van der Waals surface area contributed by atoms with E-state index in [2.05, 4.69) is 20.6 Å². The number of urea groups is 1. The van der Waals surface area contributed by atoms with E-state index in [0.717, 1.165) is 32.8 Å². The lowest BCUT2D eigenvalue weighted by atomic mass is 10.1. The number of hydrogen-bond acceptors (Lipinski definition) is 5. The van der Waals surface area contributed by atoms with Gasteiger partial charge in [0.2, 0.25) is 0 Å². The van der Waals surface area contributed by atoms with Gasteiger partial charge in [0, 0.05) is 28.9 Å². The minimum atomic E-state index is -1.10. The first kappa shape index (κ1) is 21.4. The lowest BCUT2D eigenvalue weighted by Gasteiger charge is -2.14. The number of thiazole rings is 1. The quantitative estimate of drug-likeness (QED) is 0.326. The van der Waals surface area contributed by atoms with Crippen LogP contribution in [-0.2, 0) is 17.8 Å². The predicted molar refractivity (Wildman–Crippen MR) is 123 cm³/mol. The number of H-pyrrole nitrogens is 1. The van der Waals surface area contributed by atoms with Gasteiger partial charge in [0.05, 0.1) is 24.9 Å². The molecule has 0 bridgehead atoms. The van der Waals surface area contributed by atoms with Crippen molar-refractivity contribution in [1.82, 2.24) is 20.6 Å². The number of carbonyl (C=O) groups is 2. The standard InChI is InChI=1S/C23H22N4O4S/c1-31-20-9-5-3-7-17(20)21-26-15(13-32-21)12-25-23(30)27-19(22(28)29)10-14-11-24-18-8-4-2-6-16(14)18/h2-9,11,13,19,24H,10,12H2,1H3,(H,28,29)(H2,25,27,30)/t19-/m0/s1. The number of para-hydroxylation sites is 2. The van der Waals surface area contributed by atoms with Gasteiger partial charge in [-0.1, -0.05) is 30.3 Å². The first-order chi connectivity index (χ1) is 15.5. The number of hydrogen-bond donors (Lipinski definition) is 4. The summed E-state index contributed by atoms with van der Waals surface area (Å²) in [6, 6.07) is 13.6. The summed E-state index contributed by atoms with van der Waals surface area (Å²) in [5.74, 6) is -0.377. The van der Waals surface area contributed by atoms with Gasteiger partial charge in [0.25, 0.3) is 0 Å². The van der Waals surface area contributed by atoms with Crippen molar-refractivity contribution in [2.24, 2.45) is 0 Å². The molecule has 4 N–H and O–H groups in total. The second-order valence-electron chi connectivity index (χ2n) is 7.13. The Bertz CT molecular complexity index is 1250. The van der Waals surface area contributed by atoms with Crippen molar-refractivity contribution in [1.29, 1.82) is 0 Å². The molecule has 4 aromatic rings. The Labute approximate surface area is 188 Å². The van der Waals surface area contributed by atoms with Gasteiger partial charge in [-0.2, -0.15) is 0 Å². The van der Waals surface area contributed by atoms with E-state index >= 15 is 0 Å². The molecule has 8 nitrogen and oxygen atoms in total. The van der Waals surface area contributed by atoms with Crippen LogP contribution in [0.1, 0.15) is 11.3 Å². The molecule has 1 atom stereocenters. The second kappa shape index (κ2) is 9.52. The van der Waals surface area contributed by atoms with Crippen molar-refractivity contribution in [3.8, 4) is 16.3 Å². The number of benzene rings is 2. The minimum Gasteiger partial charge on any atom is -0.496 e. The molecule has 2 heterocycles. The van der Waals surface area contributed by atoms with Crippen molar-refractivity contribution >= 4 is 34.2 Å². The van der Waals surface area contributed by atoms with E-state index in [9.17, 15) is 14.7 Å². The van der Waals surface area contributed by atoms with Gasteiger partial charge in [0.1, 0.15) is 16.8 Å². The average Bonchev–Trinajstić information content (AvgIpc) is 3.44. The number of carboxylic acids is 1. The Morgan fingerprint density at radius 3 is 2.78 bits per heavy atom. The Morgan fingerprint density at radius 2 is 1.97 bits per heavy atom. The van der Waals surface area contributed by atoms with E-state index in [0.29, 0.717) is 5.69 Å². The summed E-state index contributed by atoms with van der Waals surface area (Å²) in [5.41, 5.74) is 3.30. The number of nitrogens with one attached hydrogen (secondary N) is 3. The number of aliphatic carboxylic acids is 1. The summed E-state index contributed by atoms with van der Waals surface area (Å²) >= 11 is 1.45. The predicted octanol–water partition coefficient (Wildman–Crippen LogP) is 3.80. The van der Waals surface area contributed by atoms with E-state index in [1.807, 2.05) is 53.9 Å². The summed E-state index contributed by atoms with van der Waals surface area (Å²) in [6.45, 7) is 0.177. The third-order valence-electron chi connectivity index (χ3n) is 5.02. The van der Waals surface area contributed by atoms with Crippen molar-refractivity contribution in [2.45, 2.75) is 19.0 Å². The molecule has 0 unspecified atom stereocenters. The maximum absolute atomic E-state index is 12.4. The molecular formula is C23H22N4O4S. The van der Waals surface area contributed by atoms with Crippen LogP contribution in [-0.4, -0.2) is 40.2 Å². The minimum absolute atomic E-state index is 0.168. The molecule has 32 heavy (non-hydrogen) atoms. The number of nitrogens with zero attached hydrogens (tertiary/aromatic N) is 1. The molecule has 0 radical (unpaired) electrons. The molecule has 0 spiro atoms. The maximum atomic E-state index is 12.4. The highest BCUT2D eigenvalue weighted by molar-refractivity contribution is 7.13. The average molecular weight is 451 g/mol. The van der Waals surface area contributed by atoms with E-state index in [1.54, 1.807) is 13.3 Å². The number of carboxylic acid groups (broad SMARTS) is 1. The van der Waals surface area contributed by atoms with Gasteiger partial charge in [0.15, 0.2) is 0 Å². The van der Waals surface area contributed by atoms with E-state index < -0.39 is 18.0 Å². The zero-order valence-electron chi connectivity index (χ0n) is 17.3. The zero-order valence-corrected chi connectivity index (χ0v) is 18.1. The lowest BCUT2D eigenvalue weighted by Crippen LogP contribution is -2.46. The summed E-state index contributed by atoms with van der Waals surface area (Å²) in [4.78, 5) is 31.7. The van der Waals surface area contributed by atoms with Crippen LogP contribution in [0, 0.1) is 0 Å². The fraction of sp³-hybridized carbons (Fsp3) is 0.174. The Hall–Kier alpha value is -3.85. The van der Waals surface area contributed by atoms with Crippen molar-refractivity contribution in [2.75, 3.05) is 7.11 Å². The SMILES string of the molecule is COc1ccccc1-c1nc(CNC(=O)N[C@@H](Cc2c[nH]c3ccccc23)C(=O)O)cs1. The largest absolute Gasteiger partial charge is 0.496 e. The van der Waals surface area contributed by atoms with Gasteiger partial charge in [-0.15, -0.1) is 11.3 Å². The zero-order chi connectivity index (χ0) is 22.5. The molecular weight excluding hydrogens is 428 g/mol. The lowest BCUT2D eigenvalue weighted by molar-refractivity contribution is -0.139. The van der Waals surface area contributed by atoms with Crippen LogP contribution in [0.5, 0.6) is 5.75 Å². The first-order valence-electron chi connectivity index (χ1n) is 9.95. The number of fused-ring (bicyclic) bond motifs is 1. The van der Waals surface area contributed by atoms with Crippen molar-refractivity contribution in [3.05, 3.63) is 71.4 Å². The molecule has 0 aliphatic rings. The van der Waals surface area contributed by atoms with Gasteiger partial charge >= 0.3 is 12.0 Å². The summed E-state index contributed by atoms with van der Waals surface area (Å²) in [6.07, 6.45) is 1.94. The fourth-order valence-corrected chi connectivity index (χ4v) is 4.28. The third kappa shape index (κ3) is 4.73. The van der Waals surface area contributed by atoms with E-state index in [-0.39, 0.29) is 13.0 Å². The van der Waals surface area contributed by atoms with Crippen LogP contribution in [0.3, 0.4) is 0 Å². The molecule has 0 fully saturated rings. The van der Waals surface area contributed by atoms with Gasteiger partial charge in [-0.25, -0.2) is 14.6 Å². The molecule has 2 amide bonds. The smallest absolute Gasteiger partial charge is 0.326 e. The van der Waals surface area contributed by atoms with Gasteiger partial charge in [-0.05, 0) is 23.8 Å². The summed E-state index contributed by atoms with van der Waals surface area (Å²) in [7, 11) is 1.61. The fourth-order valence-electron chi connectivity index (χ4n) is 3.43. The highest BCUT2D eigenvalue weighted by Gasteiger charge is 2.22. The first-order valence-corrected chi connectivity index (χ1v) is 10.8. The molecule has 164 valence electrons. The monoisotopic (exact) mass is 450 g/mol. The normalized spacial score (nSPS) is 11.8. The molecule has 0 saturated carbocycles. The van der Waals surface area contributed by atoms with Crippen LogP contribution >= 0.6 is 11.3 Å². The Balaban J connectivity index is 1.37. The molecule has 0 aliphatic carbocycles. The molecule has 4 rings (SSSR count). The van der Waals surface area contributed by atoms with Crippen LogP contribution in [0.4, 0.5) is 4.79 Å². The van der Waals surface area contributed by atoms with E-state index in [4.69, 9.17) is 4.74 Å². The molecule has 2 aromatic carbocycles. The summed E-state index contributed by atoms with van der Waals surface area (Å²) < 4.78 is 5.37. The summed E-state index contributed by atoms with van der Waals surface area (Å²) in [5, 5.41) is 18.4. The molecule has 0 aliphatic heterocycles. The Kier molecular flexibility index (Phi) is 6.37. The van der Waals surface area contributed by atoms with E-state index in [1.165, 1.54) is 11.3 Å². The molecule has 0 saturated heterocycles. The highest BCUT2D eigenvalue weighted by atomic mass is 32.1. The third-order valence-corrected chi connectivity index (χ3v) is 5.95. The maximum Gasteiger partial charge on any atom is 0.326 e. The van der Waals surface area contributed by atoms with Gasteiger partial charge in [-0.3, -0.25) is 0 Å². The van der Waals surface area contributed by atoms with Crippen LogP contribution < -0.4 is 15.4 Å². The number of aromatic nitrogens is 2. The highest BCUT2D eigenvalue weighted by Crippen LogP contribution is 2.31. The van der Waals surface area contributed by atoms with Gasteiger partial charge < -0.3 is 25.5 Å². The van der Waals surface area contributed by atoms with Crippen molar-refractivity contribution in [3.63, 3.8) is 0 Å². The second-order valence-corrected chi connectivity index (χ2v) is 7.98.